The van der Waals surface area contributed by atoms with Gasteiger partial charge in [-0.2, -0.15) is 0 Å². The SMILES string of the molecule is Cc1cc(I)ccc1Nc1cc(F)ccc1C(=O)NCCc1cccs1. The number of halogens is 2. The summed E-state index contributed by atoms with van der Waals surface area (Å²) < 4.78 is 14.9. The molecule has 2 aromatic carbocycles. The number of anilines is 2. The van der Waals surface area contributed by atoms with Gasteiger partial charge in [0, 0.05) is 20.7 Å². The van der Waals surface area contributed by atoms with Crippen LogP contribution in [0.3, 0.4) is 0 Å². The summed E-state index contributed by atoms with van der Waals surface area (Å²) in [5.74, 6) is -0.599. The van der Waals surface area contributed by atoms with Crippen molar-refractivity contribution >= 4 is 51.2 Å². The van der Waals surface area contributed by atoms with Gasteiger partial charge in [-0.3, -0.25) is 4.79 Å². The van der Waals surface area contributed by atoms with Gasteiger partial charge in [0.1, 0.15) is 5.82 Å². The van der Waals surface area contributed by atoms with Crippen LogP contribution in [0, 0.1) is 16.3 Å². The molecule has 1 amide bonds. The minimum atomic E-state index is -0.384. The molecule has 0 bridgehead atoms. The van der Waals surface area contributed by atoms with Gasteiger partial charge in [-0.25, -0.2) is 4.39 Å². The fraction of sp³-hybridized carbons (Fsp3) is 0.150. The maximum Gasteiger partial charge on any atom is 0.253 e. The smallest absolute Gasteiger partial charge is 0.253 e. The minimum Gasteiger partial charge on any atom is -0.355 e. The topological polar surface area (TPSA) is 41.1 Å². The summed E-state index contributed by atoms with van der Waals surface area (Å²) in [5.41, 5.74) is 2.77. The fourth-order valence-electron chi connectivity index (χ4n) is 2.58. The summed E-state index contributed by atoms with van der Waals surface area (Å²) >= 11 is 3.91. The number of thiophene rings is 1. The molecule has 0 aliphatic rings. The van der Waals surface area contributed by atoms with Gasteiger partial charge in [0.2, 0.25) is 0 Å². The van der Waals surface area contributed by atoms with E-state index in [0.29, 0.717) is 17.8 Å². The molecule has 0 fully saturated rings. The normalized spacial score (nSPS) is 10.6. The summed E-state index contributed by atoms with van der Waals surface area (Å²) in [5, 5.41) is 8.12. The van der Waals surface area contributed by atoms with Crippen molar-refractivity contribution in [2.24, 2.45) is 0 Å². The fourth-order valence-corrected chi connectivity index (χ4v) is 3.94. The van der Waals surface area contributed by atoms with Gasteiger partial charge in [0.15, 0.2) is 0 Å². The first-order valence-electron chi connectivity index (χ1n) is 8.16. The first kappa shape index (κ1) is 18.8. The Morgan fingerprint density at radius 2 is 2.00 bits per heavy atom. The maximum atomic E-state index is 13.7. The third-order valence-electron chi connectivity index (χ3n) is 3.92. The molecule has 3 rings (SSSR count). The van der Waals surface area contributed by atoms with Gasteiger partial charge in [-0.15, -0.1) is 11.3 Å². The highest BCUT2D eigenvalue weighted by atomic mass is 127. The lowest BCUT2D eigenvalue weighted by atomic mass is 10.1. The molecule has 1 aromatic heterocycles. The van der Waals surface area contributed by atoms with E-state index in [9.17, 15) is 9.18 Å². The number of aryl methyl sites for hydroxylation is 1. The van der Waals surface area contributed by atoms with Crippen LogP contribution in [0.1, 0.15) is 20.8 Å². The predicted molar refractivity (Wildman–Crippen MR) is 114 cm³/mol. The molecule has 0 unspecified atom stereocenters. The summed E-state index contributed by atoms with van der Waals surface area (Å²) in [6.07, 6.45) is 0.781. The Balaban J connectivity index is 1.75. The van der Waals surface area contributed by atoms with Crippen LogP contribution in [0.25, 0.3) is 0 Å². The number of hydrogen-bond acceptors (Lipinski definition) is 3. The van der Waals surface area contributed by atoms with E-state index in [4.69, 9.17) is 0 Å². The summed E-state index contributed by atoms with van der Waals surface area (Å²) in [6.45, 7) is 2.52. The molecule has 6 heteroatoms. The number of amides is 1. The van der Waals surface area contributed by atoms with Crippen LogP contribution in [0.4, 0.5) is 15.8 Å². The standard InChI is InChI=1S/C20H18FIN2OS/c1-13-11-15(22)5-7-18(13)24-19-12-14(21)4-6-17(19)20(25)23-9-8-16-3-2-10-26-16/h2-7,10-12,24H,8-9H2,1H3,(H,23,25). The first-order chi connectivity index (χ1) is 12.5. The Morgan fingerprint density at radius 1 is 1.15 bits per heavy atom. The van der Waals surface area contributed by atoms with Gasteiger partial charge in [0.05, 0.1) is 11.3 Å². The second kappa shape index (κ2) is 8.64. The number of benzene rings is 2. The van der Waals surface area contributed by atoms with Gasteiger partial charge in [-0.1, -0.05) is 6.07 Å². The maximum absolute atomic E-state index is 13.7. The third-order valence-corrected chi connectivity index (χ3v) is 5.53. The molecular weight excluding hydrogens is 462 g/mol. The second-order valence-corrected chi connectivity index (χ2v) is 8.14. The highest BCUT2D eigenvalue weighted by Gasteiger charge is 2.13. The second-order valence-electron chi connectivity index (χ2n) is 5.86. The molecule has 0 atom stereocenters. The molecule has 0 aliphatic carbocycles. The molecule has 134 valence electrons. The van der Waals surface area contributed by atoms with Crippen LogP contribution in [0.5, 0.6) is 0 Å². The van der Waals surface area contributed by atoms with E-state index in [1.807, 2.05) is 42.6 Å². The number of nitrogens with one attached hydrogen (secondary N) is 2. The van der Waals surface area contributed by atoms with E-state index in [2.05, 4.69) is 33.2 Å². The summed E-state index contributed by atoms with van der Waals surface area (Å²) in [4.78, 5) is 13.8. The lowest BCUT2D eigenvalue weighted by molar-refractivity contribution is 0.0955. The minimum absolute atomic E-state index is 0.216. The van der Waals surface area contributed by atoms with E-state index < -0.39 is 0 Å². The van der Waals surface area contributed by atoms with E-state index in [-0.39, 0.29) is 11.7 Å². The van der Waals surface area contributed by atoms with Gasteiger partial charge >= 0.3 is 0 Å². The molecular formula is C20H18FIN2OS. The number of carbonyl (C=O) groups is 1. The number of hydrogen-bond donors (Lipinski definition) is 2. The molecule has 0 radical (unpaired) electrons. The molecule has 0 aliphatic heterocycles. The quantitative estimate of drug-likeness (QED) is 0.457. The molecule has 2 N–H and O–H groups in total. The van der Waals surface area contributed by atoms with Crippen molar-refractivity contribution in [2.45, 2.75) is 13.3 Å². The lowest BCUT2D eigenvalue weighted by Crippen LogP contribution is -2.26. The zero-order chi connectivity index (χ0) is 18.5. The number of rotatable bonds is 6. The van der Waals surface area contributed by atoms with Crippen molar-refractivity contribution in [3.63, 3.8) is 0 Å². The third kappa shape index (κ3) is 4.82. The summed E-state index contributed by atoms with van der Waals surface area (Å²) in [7, 11) is 0. The van der Waals surface area contributed by atoms with Crippen LogP contribution in [-0.2, 0) is 6.42 Å². The zero-order valence-corrected chi connectivity index (χ0v) is 17.2. The van der Waals surface area contributed by atoms with Crippen molar-refractivity contribution in [1.29, 1.82) is 0 Å². The Labute approximate surface area is 169 Å². The van der Waals surface area contributed by atoms with Crippen LogP contribution in [-0.4, -0.2) is 12.5 Å². The van der Waals surface area contributed by atoms with E-state index in [1.165, 1.54) is 23.1 Å². The van der Waals surface area contributed by atoms with Crippen LogP contribution < -0.4 is 10.6 Å². The largest absolute Gasteiger partial charge is 0.355 e. The highest BCUT2D eigenvalue weighted by Crippen LogP contribution is 2.26. The Morgan fingerprint density at radius 3 is 2.73 bits per heavy atom. The van der Waals surface area contributed by atoms with E-state index in [1.54, 1.807) is 11.3 Å². The van der Waals surface area contributed by atoms with E-state index >= 15 is 0 Å². The molecule has 1 heterocycles. The van der Waals surface area contributed by atoms with Gasteiger partial charge in [-0.05, 0) is 89.3 Å². The predicted octanol–water partition coefficient (Wildman–Crippen LogP) is 5.52. The van der Waals surface area contributed by atoms with Crippen molar-refractivity contribution < 1.29 is 9.18 Å². The van der Waals surface area contributed by atoms with Gasteiger partial charge in [0.25, 0.3) is 5.91 Å². The Bertz CT molecular complexity index is 912. The van der Waals surface area contributed by atoms with Crippen molar-refractivity contribution in [3.8, 4) is 0 Å². The van der Waals surface area contributed by atoms with Crippen molar-refractivity contribution in [1.82, 2.24) is 5.32 Å². The van der Waals surface area contributed by atoms with Crippen LogP contribution in [0.2, 0.25) is 0 Å². The molecule has 3 aromatic rings. The zero-order valence-electron chi connectivity index (χ0n) is 14.2. The average Bonchev–Trinajstić information content (AvgIpc) is 3.11. The average molecular weight is 480 g/mol. The van der Waals surface area contributed by atoms with E-state index in [0.717, 1.165) is 21.2 Å². The highest BCUT2D eigenvalue weighted by molar-refractivity contribution is 14.1. The lowest BCUT2D eigenvalue weighted by Gasteiger charge is -2.14. The molecule has 3 nitrogen and oxygen atoms in total. The summed E-state index contributed by atoms with van der Waals surface area (Å²) in [6, 6.07) is 14.1. The van der Waals surface area contributed by atoms with Crippen molar-refractivity contribution in [2.75, 3.05) is 11.9 Å². The Kier molecular flexibility index (Phi) is 6.26. The van der Waals surface area contributed by atoms with Crippen molar-refractivity contribution in [3.05, 3.63) is 79.3 Å². The molecule has 0 saturated carbocycles. The molecule has 0 spiro atoms. The molecule has 26 heavy (non-hydrogen) atoms. The first-order valence-corrected chi connectivity index (χ1v) is 10.1. The van der Waals surface area contributed by atoms with Crippen LogP contribution in [0.15, 0.2) is 53.9 Å². The van der Waals surface area contributed by atoms with Crippen LogP contribution >= 0.6 is 33.9 Å². The van der Waals surface area contributed by atoms with Gasteiger partial charge < -0.3 is 10.6 Å². The monoisotopic (exact) mass is 480 g/mol. The number of carbonyl (C=O) groups excluding carboxylic acids is 1. The Hall–Kier alpha value is -1.93. The molecule has 0 saturated heterocycles.